The van der Waals surface area contributed by atoms with Crippen LogP contribution < -0.4 is 10.6 Å². The molecule has 0 saturated carbocycles. The topological polar surface area (TPSA) is 60.7 Å². The summed E-state index contributed by atoms with van der Waals surface area (Å²) in [6, 6.07) is 4.57. The lowest BCUT2D eigenvalue weighted by molar-refractivity contribution is 0.637. The molecule has 1 heterocycles. The number of hydrogen-bond donors (Lipinski definition) is 2. The Balaban J connectivity index is 2.18. The van der Waals surface area contributed by atoms with Crippen molar-refractivity contribution in [3.05, 3.63) is 22.9 Å². The maximum atomic E-state index is 9.13. The van der Waals surface area contributed by atoms with Gasteiger partial charge in [-0.1, -0.05) is 0 Å². The molecule has 90 valence electrons. The zero-order chi connectivity index (χ0) is 12.3. The van der Waals surface area contributed by atoms with Gasteiger partial charge in [-0.05, 0) is 44.9 Å². The Bertz CT molecular complexity index is 447. The summed E-state index contributed by atoms with van der Waals surface area (Å²) in [6.45, 7) is 2.86. The third-order valence-electron chi connectivity index (χ3n) is 3.24. The lowest BCUT2D eigenvalue weighted by Gasteiger charge is -2.13. The van der Waals surface area contributed by atoms with Crippen molar-refractivity contribution in [2.45, 2.75) is 32.2 Å². The molecule has 1 aliphatic carbocycles. The molecule has 1 aromatic rings. The number of aryl methyl sites for hydroxylation is 2. The van der Waals surface area contributed by atoms with E-state index in [-0.39, 0.29) is 0 Å². The first-order chi connectivity index (χ1) is 8.24. The van der Waals surface area contributed by atoms with Crippen LogP contribution >= 0.6 is 0 Å². The first-order valence-electron chi connectivity index (χ1n) is 6.08. The third kappa shape index (κ3) is 2.56. The predicted molar refractivity (Wildman–Crippen MR) is 68.0 cm³/mol. The van der Waals surface area contributed by atoms with E-state index in [1.807, 2.05) is 13.1 Å². The van der Waals surface area contributed by atoms with Gasteiger partial charge in [0.2, 0.25) is 0 Å². The van der Waals surface area contributed by atoms with Crippen LogP contribution in [0.3, 0.4) is 0 Å². The van der Waals surface area contributed by atoms with Crippen LogP contribution in [-0.4, -0.2) is 24.6 Å². The van der Waals surface area contributed by atoms with Gasteiger partial charge >= 0.3 is 0 Å². The Kier molecular flexibility index (Phi) is 3.60. The number of likely N-dealkylation sites (N-methyl/N-ethyl adjacent to an activating group) is 1. The second-order valence-electron chi connectivity index (χ2n) is 4.53. The molecule has 1 unspecified atom stereocenters. The number of fused-ring (bicyclic) bond motifs is 1. The molecule has 1 atom stereocenters. The van der Waals surface area contributed by atoms with Crippen molar-refractivity contribution in [3.8, 4) is 6.07 Å². The molecule has 4 nitrogen and oxygen atoms in total. The minimum absolute atomic E-state index is 0.358. The normalized spacial score (nSPS) is 15.1. The van der Waals surface area contributed by atoms with Gasteiger partial charge in [-0.2, -0.15) is 5.26 Å². The van der Waals surface area contributed by atoms with Crippen LogP contribution in [0.2, 0.25) is 0 Å². The first-order valence-corrected chi connectivity index (χ1v) is 6.08. The summed E-state index contributed by atoms with van der Waals surface area (Å²) in [4.78, 5) is 4.57. The number of aromatic nitrogens is 1. The van der Waals surface area contributed by atoms with Crippen LogP contribution in [-0.2, 0) is 12.8 Å². The molecule has 0 aliphatic heterocycles. The van der Waals surface area contributed by atoms with E-state index in [9.17, 15) is 0 Å². The summed E-state index contributed by atoms with van der Waals surface area (Å²) in [5.41, 5.74) is 3.06. The fourth-order valence-corrected chi connectivity index (χ4v) is 2.04. The van der Waals surface area contributed by atoms with Crippen LogP contribution in [0.25, 0.3) is 0 Å². The summed E-state index contributed by atoms with van der Waals surface area (Å²) in [5.74, 6) is 0.732. The van der Waals surface area contributed by atoms with Gasteiger partial charge in [-0.15, -0.1) is 0 Å². The average Bonchev–Trinajstić information content (AvgIpc) is 2.81. The molecule has 0 amide bonds. The molecule has 2 rings (SSSR count). The van der Waals surface area contributed by atoms with Crippen molar-refractivity contribution in [3.63, 3.8) is 0 Å². The van der Waals surface area contributed by atoms with E-state index in [2.05, 4.69) is 28.6 Å². The summed E-state index contributed by atoms with van der Waals surface area (Å²) >= 11 is 0. The molecule has 2 N–H and O–H groups in total. The van der Waals surface area contributed by atoms with Gasteiger partial charge in [-0.25, -0.2) is 4.98 Å². The highest BCUT2D eigenvalue weighted by Gasteiger charge is 2.16. The zero-order valence-electron chi connectivity index (χ0n) is 10.4. The molecule has 1 aliphatic rings. The monoisotopic (exact) mass is 230 g/mol. The van der Waals surface area contributed by atoms with Crippen molar-refractivity contribution >= 4 is 5.82 Å². The van der Waals surface area contributed by atoms with Gasteiger partial charge in [0.25, 0.3) is 0 Å². The van der Waals surface area contributed by atoms with Crippen LogP contribution in [0.5, 0.6) is 0 Å². The van der Waals surface area contributed by atoms with Crippen LogP contribution in [0.4, 0.5) is 5.82 Å². The van der Waals surface area contributed by atoms with E-state index in [1.165, 1.54) is 5.56 Å². The number of anilines is 1. The number of hydrogen-bond acceptors (Lipinski definition) is 4. The van der Waals surface area contributed by atoms with E-state index >= 15 is 0 Å². The van der Waals surface area contributed by atoms with Crippen molar-refractivity contribution < 1.29 is 0 Å². The maximum Gasteiger partial charge on any atom is 0.144 e. The van der Waals surface area contributed by atoms with Gasteiger partial charge in [0.1, 0.15) is 11.9 Å². The minimum Gasteiger partial charge on any atom is -0.367 e. The van der Waals surface area contributed by atoms with Gasteiger partial charge < -0.3 is 10.6 Å². The number of nitrogens with one attached hydrogen (secondary N) is 2. The van der Waals surface area contributed by atoms with Crippen molar-refractivity contribution in [1.29, 1.82) is 5.26 Å². The molecule has 1 aromatic heterocycles. The number of pyridine rings is 1. The first kappa shape index (κ1) is 11.9. The second-order valence-corrected chi connectivity index (χ2v) is 4.53. The zero-order valence-corrected chi connectivity index (χ0v) is 10.4. The molecule has 0 fully saturated rings. The van der Waals surface area contributed by atoms with E-state index < -0.39 is 0 Å². The number of nitrogens with zero attached hydrogens (tertiary/aromatic N) is 2. The Morgan fingerprint density at radius 1 is 1.53 bits per heavy atom. The molecule has 0 bridgehead atoms. The average molecular weight is 230 g/mol. The van der Waals surface area contributed by atoms with Crippen LogP contribution in [0.15, 0.2) is 6.07 Å². The summed E-state index contributed by atoms with van der Waals surface area (Å²) in [7, 11) is 1.92. The largest absolute Gasteiger partial charge is 0.367 e. The van der Waals surface area contributed by atoms with Crippen LogP contribution in [0, 0.1) is 11.3 Å². The highest BCUT2D eigenvalue weighted by atomic mass is 15.0. The van der Waals surface area contributed by atoms with E-state index in [0.29, 0.717) is 11.6 Å². The standard InChI is InChI=1S/C13H18N4/c1-9(15-2)8-16-13-11(7-14)6-10-4-3-5-12(10)17-13/h6,9,15H,3-5,8H2,1-2H3,(H,16,17). The Morgan fingerprint density at radius 2 is 2.35 bits per heavy atom. The molecular weight excluding hydrogens is 212 g/mol. The van der Waals surface area contributed by atoms with Gasteiger partial charge in [0.05, 0.1) is 5.56 Å². The maximum absolute atomic E-state index is 9.13. The minimum atomic E-state index is 0.358. The van der Waals surface area contributed by atoms with Gasteiger partial charge in [-0.3, -0.25) is 0 Å². The Morgan fingerprint density at radius 3 is 3.06 bits per heavy atom. The quantitative estimate of drug-likeness (QED) is 0.822. The molecular formula is C13H18N4. The molecule has 0 spiro atoms. The van der Waals surface area contributed by atoms with Crippen LogP contribution in [0.1, 0.15) is 30.2 Å². The smallest absolute Gasteiger partial charge is 0.144 e. The van der Waals surface area contributed by atoms with Gasteiger partial charge in [0, 0.05) is 18.3 Å². The summed E-state index contributed by atoms with van der Waals surface area (Å²) in [5, 5.41) is 15.5. The van der Waals surface area contributed by atoms with E-state index in [0.717, 1.165) is 37.3 Å². The van der Waals surface area contributed by atoms with E-state index in [4.69, 9.17) is 5.26 Å². The fourth-order valence-electron chi connectivity index (χ4n) is 2.04. The Hall–Kier alpha value is -1.60. The second kappa shape index (κ2) is 5.15. The number of rotatable bonds is 4. The van der Waals surface area contributed by atoms with Crippen molar-refractivity contribution in [2.24, 2.45) is 0 Å². The molecule has 0 saturated heterocycles. The van der Waals surface area contributed by atoms with E-state index in [1.54, 1.807) is 0 Å². The Labute approximate surface area is 102 Å². The highest BCUT2D eigenvalue weighted by Crippen LogP contribution is 2.24. The SMILES string of the molecule is CNC(C)CNc1nc2c(cc1C#N)CCC2. The summed E-state index contributed by atoms with van der Waals surface area (Å²) in [6.07, 6.45) is 3.26. The molecule has 17 heavy (non-hydrogen) atoms. The lowest BCUT2D eigenvalue weighted by atomic mass is 10.1. The predicted octanol–water partition coefficient (Wildman–Crippen LogP) is 1.46. The lowest BCUT2D eigenvalue weighted by Crippen LogP contribution is -2.29. The van der Waals surface area contributed by atoms with Gasteiger partial charge in [0.15, 0.2) is 0 Å². The highest BCUT2D eigenvalue weighted by molar-refractivity contribution is 5.55. The molecule has 0 aromatic carbocycles. The van der Waals surface area contributed by atoms with Crippen molar-refractivity contribution in [1.82, 2.24) is 10.3 Å². The summed E-state index contributed by atoms with van der Waals surface area (Å²) < 4.78 is 0. The molecule has 4 heteroatoms. The fraction of sp³-hybridized carbons (Fsp3) is 0.538. The number of nitriles is 1. The van der Waals surface area contributed by atoms with Crippen molar-refractivity contribution in [2.75, 3.05) is 18.9 Å². The third-order valence-corrected chi connectivity index (χ3v) is 3.24. The molecule has 0 radical (unpaired) electrons.